The maximum Gasteiger partial charge on any atom is 0.128 e. The molecule has 0 heterocycles. The number of hydrogen-bond acceptors (Lipinski definition) is 2. The Kier molecular flexibility index (Phi) is 3.26. The smallest absolute Gasteiger partial charge is 0.128 e. The van der Waals surface area contributed by atoms with Crippen LogP contribution in [0.2, 0.25) is 0 Å². The molecule has 2 rings (SSSR count). The van der Waals surface area contributed by atoms with Crippen LogP contribution in [0.25, 0.3) is 0 Å². The van der Waals surface area contributed by atoms with Gasteiger partial charge < -0.3 is 10.8 Å². The number of aliphatic hydroxyl groups excluding tert-OH is 1. The molecule has 0 amide bonds. The number of benzene rings is 1. The van der Waals surface area contributed by atoms with Gasteiger partial charge in [-0.05, 0) is 30.5 Å². The van der Waals surface area contributed by atoms with Crippen molar-refractivity contribution < 1.29 is 9.50 Å². The van der Waals surface area contributed by atoms with Crippen LogP contribution in [0.15, 0.2) is 18.2 Å². The Morgan fingerprint density at radius 1 is 1.25 bits per heavy atom. The van der Waals surface area contributed by atoms with E-state index < -0.39 is 5.54 Å². The first kappa shape index (κ1) is 11.6. The second-order valence-electron chi connectivity index (χ2n) is 4.69. The van der Waals surface area contributed by atoms with Gasteiger partial charge in [0.05, 0.1) is 6.61 Å². The van der Waals surface area contributed by atoms with Crippen LogP contribution in [-0.2, 0) is 12.1 Å². The molecule has 0 bridgehead atoms. The van der Waals surface area contributed by atoms with Gasteiger partial charge in [-0.3, -0.25) is 0 Å². The summed E-state index contributed by atoms with van der Waals surface area (Å²) in [6, 6.07) is 4.72. The normalized spacial score (nSPS) is 19.7. The molecule has 0 radical (unpaired) electrons. The van der Waals surface area contributed by atoms with Crippen molar-refractivity contribution in [2.24, 2.45) is 5.73 Å². The number of aliphatic hydroxyl groups is 1. The number of rotatable bonds is 2. The molecule has 0 unspecified atom stereocenters. The summed E-state index contributed by atoms with van der Waals surface area (Å²) in [7, 11) is 0. The summed E-state index contributed by atoms with van der Waals surface area (Å²) in [6.07, 6.45) is 4.95. The minimum atomic E-state index is -0.534. The molecule has 1 saturated carbocycles. The second-order valence-corrected chi connectivity index (χ2v) is 4.69. The zero-order chi connectivity index (χ0) is 11.6. The standard InChI is InChI=1S/C13H18FNO/c14-12-5-4-10(9-16)8-11(12)13(15)6-2-1-3-7-13/h4-5,8,16H,1-3,6-7,9,15H2. The molecule has 0 atom stereocenters. The van der Waals surface area contributed by atoms with Crippen molar-refractivity contribution >= 4 is 0 Å². The van der Waals surface area contributed by atoms with Gasteiger partial charge in [-0.2, -0.15) is 0 Å². The van der Waals surface area contributed by atoms with Crippen LogP contribution in [0.5, 0.6) is 0 Å². The molecular weight excluding hydrogens is 205 g/mol. The summed E-state index contributed by atoms with van der Waals surface area (Å²) in [5.74, 6) is -0.249. The van der Waals surface area contributed by atoms with Gasteiger partial charge in [-0.15, -0.1) is 0 Å². The van der Waals surface area contributed by atoms with Crippen LogP contribution in [-0.4, -0.2) is 5.11 Å². The van der Waals surface area contributed by atoms with Gasteiger partial charge in [-0.25, -0.2) is 4.39 Å². The molecule has 3 heteroatoms. The van der Waals surface area contributed by atoms with Gasteiger partial charge in [0.15, 0.2) is 0 Å². The highest BCUT2D eigenvalue weighted by Gasteiger charge is 2.31. The molecule has 0 aromatic heterocycles. The van der Waals surface area contributed by atoms with Crippen molar-refractivity contribution in [1.82, 2.24) is 0 Å². The van der Waals surface area contributed by atoms with Gasteiger partial charge in [0.25, 0.3) is 0 Å². The van der Waals surface area contributed by atoms with Gasteiger partial charge in [0.1, 0.15) is 5.82 Å². The Hall–Kier alpha value is -0.930. The molecule has 1 aromatic carbocycles. The Bertz CT molecular complexity index is 372. The average molecular weight is 223 g/mol. The first-order valence-electron chi connectivity index (χ1n) is 5.84. The van der Waals surface area contributed by atoms with E-state index in [9.17, 15) is 4.39 Å². The molecule has 88 valence electrons. The lowest BCUT2D eigenvalue weighted by molar-refractivity contribution is 0.277. The Balaban J connectivity index is 2.37. The first-order chi connectivity index (χ1) is 7.65. The molecule has 1 aromatic rings. The largest absolute Gasteiger partial charge is 0.392 e. The monoisotopic (exact) mass is 223 g/mol. The predicted octanol–water partition coefficient (Wildman–Crippen LogP) is 2.44. The third-order valence-electron chi connectivity index (χ3n) is 3.50. The van der Waals surface area contributed by atoms with Crippen LogP contribution in [0, 0.1) is 5.82 Å². The Labute approximate surface area is 95.3 Å². The molecule has 0 spiro atoms. The van der Waals surface area contributed by atoms with E-state index in [0.717, 1.165) is 31.2 Å². The van der Waals surface area contributed by atoms with Crippen molar-refractivity contribution in [2.75, 3.05) is 0 Å². The van der Waals surface area contributed by atoms with E-state index >= 15 is 0 Å². The molecule has 1 fully saturated rings. The van der Waals surface area contributed by atoms with Crippen molar-refractivity contribution in [3.8, 4) is 0 Å². The second kappa shape index (κ2) is 4.52. The maximum atomic E-state index is 13.8. The predicted molar refractivity (Wildman–Crippen MR) is 61.3 cm³/mol. The summed E-state index contributed by atoms with van der Waals surface area (Å²) in [4.78, 5) is 0. The van der Waals surface area contributed by atoms with Crippen molar-refractivity contribution in [1.29, 1.82) is 0 Å². The quantitative estimate of drug-likeness (QED) is 0.809. The van der Waals surface area contributed by atoms with Crippen LogP contribution >= 0.6 is 0 Å². The van der Waals surface area contributed by atoms with Gasteiger partial charge in [-0.1, -0.05) is 25.3 Å². The third kappa shape index (κ3) is 2.11. The van der Waals surface area contributed by atoms with Crippen molar-refractivity contribution in [3.63, 3.8) is 0 Å². The zero-order valence-electron chi connectivity index (χ0n) is 9.38. The summed E-state index contributed by atoms with van der Waals surface area (Å²) in [5.41, 5.74) is 7.05. The highest BCUT2D eigenvalue weighted by Crippen LogP contribution is 2.36. The molecule has 0 aliphatic heterocycles. The fraction of sp³-hybridized carbons (Fsp3) is 0.538. The molecule has 3 N–H and O–H groups in total. The van der Waals surface area contributed by atoms with E-state index in [1.807, 2.05) is 0 Å². The minimum Gasteiger partial charge on any atom is -0.392 e. The fourth-order valence-corrected chi connectivity index (χ4v) is 2.50. The molecule has 16 heavy (non-hydrogen) atoms. The lowest BCUT2D eigenvalue weighted by Gasteiger charge is -2.34. The molecular formula is C13H18FNO. The van der Waals surface area contributed by atoms with E-state index in [0.29, 0.717) is 5.56 Å². The van der Waals surface area contributed by atoms with Crippen LogP contribution in [0.1, 0.15) is 43.2 Å². The molecule has 2 nitrogen and oxygen atoms in total. The summed E-state index contributed by atoms with van der Waals surface area (Å²) in [6.45, 7) is -0.0661. The first-order valence-corrected chi connectivity index (χ1v) is 5.84. The lowest BCUT2D eigenvalue weighted by Crippen LogP contribution is -2.39. The SMILES string of the molecule is NC1(c2cc(CO)ccc2F)CCCCC1. The van der Waals surface area contributed by atoms with Crippen LogP contribution in [0.4, 0.5) is 4.39 Å². The van der Waals surface area contributed by atoms with E-state index in [1.165, 1.54) is 12.5 Å². The third-order valence-corrected chi connectivity index (χ3v) is 3.50. The molecule has 1 aliphatic rings. The van der Waals surface area contributed by atoms with Crippen molar-refractivity contribution in [2.45, 2.75) is 44.2 Å². The summed E-state index contributed by atoms with van der Waals surface area (Å²) in [5, 5.41) is 9.07. The molecule has 0 saturated heterocycles. The highest BCUT2D eigenvalue weighted by atomic mass is 19.1. The molecule has 1 aliphatic carbocycles. The fourth-order valence-electron chi connectivity index (χ4n) is 2.50. The van der Waals surface area contributed by atoms with E-state index in [1.54, 1.807) is 12.1 Å². The Morgan fingerprint density at radius 2 is 1.94 bits per heavy atom. The number of hydrogen-bond donors (Lipinski definition) is 2. The highest BCUT2D eigenvalue weighted by molar-refractivity contribution is 5.31. The van der Waals surface area contributed by atoms with E-state index in [-0.39, 0.29) is 12.4 Å². The summed E-state index contributed by atoms with van der Waals surface area (Å²) < 4.78 is 13.8. The van der Waals surface area contributed by atoms with Crippen LogP contribution in [0.3, 0.4) is 0 Å². The summed E-state index contributed by atoms with van der Waals surface area (Å²) >= 11 is 0. The van der Waals surface area contributed by atoms with E-state index in [2.05, 4.69) is 0 Å². The van der Waals surface area contributed by atoms with Crippen LogP contribution < -0.4 is 5.73 Å². The average Bonchev–Trinajstić information content (AvgIpc) is 2.30. The topological polar surface area (TPSA) is 46.2 Å². The van der Waals surface area contributed by atoms with E-state index in [4.69, 9.17) is 10.8 Å². The maximum absolute atomic E-state index is 13.8. The Morgan fingerprint density at radius 3 is 2.56 bits per heavy atom. The van der Waals surface area contributed by atoms with Gasteiger partial charge >= 0.3 is 0 Å². The minimum absolute atomic E-state index is 0.0661. The zero-order valence-corrected chi connectivity index (χ0v) is 9.38. The lowest BCUT2D eigenvalue weighted by atomic mass is 9.77. The van der Waals surface area contributed by atoms with Crippen molar-refractivity contribution in [3.05, 3.63) is 35.1 Å². The van der Waals surface area contributed by atoms with Gasteiger partial charge in [0, 0.05) is 11.1 Å². The van der Waals surface area contributed by atoms with Gasteiger partial charge in [0.2, 0.25) is 0 Å². The number of nitrogens with two attached hydrogens (primary N) is 1. The number of halogens is 1.